The molecule has 1 aromatic rings. The van der Waals surface area contributed by atoms with Gasteiger partial charge in [-0.05, 0) is 25.5 Å². The van der Waals surface area contributed by atoms with Gasteiger partial charge in [0.15, 0.2) is 0 Å². The highest BCUT2D eigenvalue weighted by atomic mass is 16.3. The molecule has 0 spiro atoms. The second-order valence-electron chi connectivity index (χ2n) is 3.50. The van der Waals surface area contributed by atoms with Gasteiger partial charge >= 0.3 is 0 Å². The number of hydrogen-bond acceptors (Lipinski definition) is 3. The molecule has 0 bridgehead atoms. The maximum atomic E-state index is 11.3. The third kappa shape index (κ3) is 1.96. The van der Waals surface area contributed by atoms with Crippen molar-refractivity contribution < 1.29 is 5.11 Å². The van der Waals surface area contributed by atoms with Crippen molar-refractivity contribution in [1.29, 1.82) is 0 Å². The Balaban J connectivity index is 3.29. The third-order valence-corrected chi connectivity index (χ3v) is 1.99. The second kappa shape index (κ2) is 3.32. The molecule has 0 saturated heterocycles. The van der Waals surface area contributed by atoms with Gasteiger partial charge in [-0.2, -0.15) is 0 Å². The molecule has 1 atom stereocenters. The highest BCUT2D eigenvalue weighted by molar-refractivity contribution is 5.23. The summed E-state index contributed by atoms with van der Waals surface area (Å²) in [4.78, 5) is 13.9. The van der Waals surface area contributed by atoms with Gasteiger partial charge in [0.25, 0.3) is 5.56 Å². The van der Waals surface area contributed by atoms with Crippen molar-refractivity contribution >= 4 is 0 Å². The Bertz CT molecular complexity index is 355. The van der Waals surface area contributed by atoms with Gasteiger partial charge in [0.2, 0.25) is 0 Å². The Labute approximate surface area is 76.4 Å². The van der Waals surface area contributed by atoms with E-state index in [4.69, 9.17) is 10.8 Å². The highest BCUT2D eigenvalue weighted by Crippen LogP contribution is 2.12. The number of aryl methyl sites for hydroxylation is 1. The van der Waals surface area contributed by atoms with Crippen molar-refractivity contribution in [3.05, 3.63) is 33.7 Å². The molecule has 13 heavy (non-hydrogen) atoms. The van der Waals surface area contributed by atoms with Crippen LogP contribution in [-0.4, -0.2) is 16.7 Å². The van der Waals surface area contributed by atoms with E-state index in [1.54, 1.807) is 19.2 Å². The van der Waals surface area contributed by atoms with E-state index in [0.717, 1.165) is 5.56 Å². The van der Waals surface area contributed by atoms with Crippen molar-refractivity contribution in [3.63, 3.8) is 0 Å². The summed E-state index contributed by atoms with van der Waals surface area (Å²) < 4.78 is 0. The summed E-state index contributed by atoms with van der Waals surface area (Å²) in [6, 6.07) is 1.69. The third-order valence-electron chi connectivity index (χ3n) is 1.99. The van der Waals surface area contributed by atoms with Crippen LogP contribution in [-0.2, 0) is 5.54 Å². The van der Waals surface area contributed by atoms with Crippen LogP contribution in [0.3, 0.4) is 0 Å². The Kier molecular flexibility index (Phi) is 2.54. The van der Waals surface area contributed by atoms with Crippen molar-refractivity contribution in [1.82, 2.24) is 4.98 Å². The Morgan fingerprint density at radius 3 is 2.85 bits per heavy atom. The number of nitrogens with two attached hydrogens (primary N) is 1. The predicted molar refractivity (Wildman–Crippen MR) is 50.4 cm³/mol. The molecule has 4 N–H and O–H groups in total. The minimum absolute atomic E-state index is 0.246. The van der Waals surface area contributed by atoms with E-state index in [-0.39, 0.29) is 12.2 Å². The minimum Gasteiger partial charge on any atom is -0.394 e. The number of aromatic amines is 1. The molecule has 0 aliphatic heterocycles. The quantitative estimate of drug-likeness (QED) is 0.595. The zero-order valence-corrected chi connectivity index (χ0v) is 7.79. The fraction of sp³-hybridized carbons (Fsp3) is 0.444. The van der Waals surface area contributed by atoms with Gasteiger partial charge in [-0.3, -0.25) is 4.79 Å². The van der Waals surface area contributed by atoms with Gasteiger partial charge in [-0.1, -0.05) is 0 Å². The molecule has 1 aromatic heterocycles. The largest absolute Gasteiger partial charge is 0.394 e. The Hall–Kier alpha value is -1.13. The van der Waals surface area contributed by atoms with Crippen molar-refractivity contribution in [2.24, 2.45) is 5.73 Å². The molecule has 0 saturated carbocycles. The van der Waals surface area contributed by atoms with Crippen LogP contribution in [0.15, 0.2) is 17.1 Å². The van der Waals surface area contributed by atoms with Crippen molar-refractivity contribution in [3.8, 4) is 0 Å². The molecule has 0 radical (unpaired) electrons. The van der Waals surface area contributed by atoms with E-state index in [2.05, 4.69) is 4.98 Å². The lowest BCUT2D eigenvalue weighted by molar-refractivity contribution is 0.209. The van der Waals surface area contributed by atoms with E-state index in [1.807, 2.05) is 6.92 Å². The summed E-state index contributed by atoms with van der Waals surface area (Å²) in [6.45, 7) is 3.23. The van der Waals surface area contributed by atoms with E-state index in [0.29, 0.717) is 5.56 Å². The number of pyridine rings is 1. The smallest absolute Gasteiger partial charge is 0.253 e. The lowest BCUT2D eigenvalue weighted by Gasteiger charge is -2.21. The molecule has 0 aliphatic rings. The van der Waals surface area contributed by atoms with Crippen LogP contribution in [0.5, 0.6) is 0 Å². The lowest BCUT2D eigenvalue weighted by Crippen LogP contribution is -2.41. The van der Waals surface area contributed by atoms with Gasteiger partial charge in [-0.25, -0.2) is 0 Å². The monoisotopic (exact) mass is 182 g/mol. The summed E-state index contributed by atoms with van der Waals surface area (Å²) >= 11 is 0. The van der Waals surface area contributed by atoms with Gasteiger partial charge < -0.3 is 15.8 Å². The first-order chi connectivity index (χ1) is 5.97. The molecule has 0 aliphatic carbocycles. The van der Waals surface area contributed by atoms with Crippen LogP contribution < -0.4 is 11.3 Å². The Morgan fingerprint density at radius 2 is 2.31 bits per heavy atom. The number of aromatic nitrogens is 1. The summed E-state index contributed by atoms with van der Waals surface area (Å²) in [7, 11) is 0. The number of aliphatic hydroxyl groups is 1. The fourth-order valence-corrected chi connectivity index (χ4v) is 1.10. The summed E-state index contributed by atoms with van der Waals surface area (Å²) in [5.41, 5.74) is 5.85. The maximum Gasteiger partial charge on any atom is 0.253 e. The molecule has 0 fully saturated rings. The summed E-state index contributed by atoms with van der Waals surface area (Å²) in [5, 5.41) is 8.99. The van der Waals surface area contributed by atoms with Crippen LogP contribution >= 0.6 is 0 Å². The zero-order valence-electron chi connectivity index (χ0n) is 7.79. The van der Waals surface area contributed by atoms with Crippen LogP contribution in [0.25, 0.3) is 0 Å². The molecule has 4 heteroatoms. The van der Waals surface area contributed by atoms with Gasteiger partial charge in [0, 0.05) is 11.8 Å². The molecule has 1 rings (SSSR count). The molecule has 1 heterocycles. The van der Waals surface area contributed by atoms with Crippen LogP contribution in [0.4, 0.5) is 0 Å². The number of rotatable bonds is 2. The first-order valence-electron chi connectivity index (χ1n) is 4.07. The molecule has 72 valence electrons. The zero-order chi connectivity index (χ0) is 10.1. The van der Waals surface area contributed by atoms with E-state index < -0.39 is 5.54 Å². The van der Waals surface area contributed by atoms with E-state index >= 15 is 0 Å². The van der Waals surface area contributed by atoms with Crippen LogP contribution in [0.1, 0.15) is 18.1 Å². The molecular weight excluding hydrogens is 168 g/mol. The number of hydrogen-bond donors (Lipinski definition) is 3. The molecule has 0 amide bonds. The number of aliphatic hydroxyl groups excluding tert-OH is 1. The second-order valence-corrected chi connectivity index (χ2v) is 3.50. The number of H-pyrrole nitrogens is 1. The fourth-order valence-electron chi connectivity index (χ4n) is 1.10. The molecule has 0 unspecified atom stereocenters. The van der Waals surface area contributed by atoms with E-state index in [9.17, 15) is 4.79 Å². The molecule has 4 nitrogen and oxygen atoms in total. The highest BCUT2D eigenvalue weighted by Gasteiger charge is 2.23. The van der Waals surface area contributed by atoms with Crippen LogP contribution in [0, 0.1) is 6.92 Å². The molecular formula is C9H14N2O2. The van der Waals surface area contributed by atoms with Gasteiger partial charge in [-0.15, -0.1) is 0 Å². The predicted octanol–water partition coefficient (Wildman–Crippen LogP) is -0.150. The first-order valence-corrected chi connectivity index (χ1v) is 4.07. The lowest BCUT2D eigenvalue weighted by atomic mass is 9.95. The van der Waals surface area contributed by atoms with Gasteiger partial charge in [0.1, 0.15) is 0 Å². The standard InChI is InChI=1S/C9H14N2O2/c1-6-3-7(8(13)11-4-6)9(2,10)5-12/h3-4,12H,5,10H2,1-2H3,(H,11,13)/t9-/m1/s1. The van der Waals surface area contributed by atoms with Crippen molar-refractivity contribution in [2.45, 2.75) is 19.4 Å². The van der Waals surface area contributed by atoms with E-state index in [1.165, 1.54) is 0 Å². The normalized spacial score (nSPS) is 15.4. The number of nitrogens with one attached hydrogen (secondary N) is 1. The maximum absolute atomic E-state index is 11.3. The summed E-state index contributed by atoms with van der Waals surface area (Å²) in [5.74, 6) is 0. The Morgan fingerprint density at radius 1 is 1.69 bits per heavy atom. The first kappa shape index (κ1) is 9.95. The topological polar surface area (TPSA) is 79.1 Å². The van der Waals surface area contributed by atoms with Crippen molar-refractivity contribution in [2.75, 3.05) is 6.61 Å². The SMILES string of the molecule is Cc1c[nH]c(=O)c([C@](C)(N)CO)c1. The average molecular weight is 182 g/mol. The average Bonchev–Trinajstić information content (AvgIpc) is 2.09. The minimum atomic E-state index is -0.973. The van der Waals surface area contributed by atoms with Crippen LogP contribution in [0.2, 0.25) is 0 Å². The van der Waals surface area contributed by atoms with Gasteiger partial charge in [0.05, 0.1) is 12.1 Å². The summed E-state index contributed by atoms with van der Waals surface area (Å²) in [6.07, 6.45) is 1.61. The molecule has 0 aromatic carbocycles.